The van der Waals surface area contributed by atoms with Crippen LogP contribution in [0.3, 0.4) is 0 Å². The molecule has 0 aliphatic rings. The number of amides is 2. The Hall–Kier alpha value is -2.37. The van der Waals surface area contributed by atoms with Crippen molar-refractivity contribution in [3.63, 3.8) is 0 Å². The van der Waals surface area contributed by atoms with Gasteiger partial charge in [0, 0.05) is 12.2 Å². The van der Waals surface area contributed by atoms with Gasteiger partial charge in [0.1, 0.15) is 6.04 Å². The quantitative estimate of drug-likeness (QED) is 0.706. The molecule has 0 heterocycles. The van der Waals surface area contributed by atoms with Gasteiger partial charge in [0.05, 0.1) is 10.6 Å². The maximum absolute atomic E-state index is 12.7. The summed E-state index contributed by atoms with van der Waals surface area (Å²) in [6, 6.07) is 13.9. The van der Waals surface area contributed by atoms with Crippen LogP contribution in [0.25, 0.3) is 0 Å². The van der Waals surface area contributed by atoms with Crippen molar-refractivity contribution in [1.29, 1.82) is 0 Å². The number of carbonyl (C=O) groups is 2. The Balaban J connectivity index is 2.02. The maximum Gasteiger partial charge on any atom is 0.253 e. The summed E-state index contributed by atoms with van der Waals surface area (Å²) in [7, 11) is 4.08. The Morgan fingerprint density at radius 2 is 1.68 bits per heavy atom. The Bertz CT molecular complexity index is 804. The Morgan fingerprint density at radius 3 is 2.25 bits per heavy atom. The molecule has 1 atom stereocenters. The summed E-state index contributed by atoms with van der Waals surface area (Å²) < 4.78 is 0. The molecular formula is C22H28ClN3O2. The van der Waals surface area contributed by atoms with Gasteiger partial charge >= 0.3 is 0 Å². The summed E-state index contributed by atoms with van der Waals surface area (Å²) in [5.41, 5.74) is 2.27. The van der Waals surface area contributed by atoms with E-state index in [0.717, 1.165) is 13.0 Å². The van der Waals surface area contributed by atoms with Gasteiger partial charge < -0.3 is 15.5 Å². The molecule has 5 nitrogen and oxygen atoms in total. The molecule has 0 saturated carbocycles. The standard InChI is InChI=1S/C22H28ClN3O2/c1-15(2)20(25-21(27)18-7-5-6-8-19(18)23)22(28)24-17-11-9-16(10-12-17)13-14-26(3)4/h5-12,15,20H,13-14H2,1-4H3,(H,24,28)(H,25,27). The van der Waals surface area contributed by atoms with Gasteiger partial charge in [-0.2, -0.15) is 0 Å². The molecule has 150 valence electrons. The van der Waals surface area contributed by atoms with Crippen LogP contribution in [-0.2, 0) is 11.2 Å². The molecule has 0 radical (unpaired) electrons. The largest absolute Gasteiger partial charge is 0.340 e. The third-order valence-electron chi connectivity index (χ3n) is 4.42. The summed E-state index contributed by atoms with van der Waals surface area (Å²) in [6.07, 6.45) is 0.948. The molecule has 0 spiro atoms. The molecule has 0 aliphatic heterocycles. The van der Waals surface area contributed by atoms with E-state index >= 15 is 0 Å². The first-order valence-electron chi connectivity index (χ1n) is 9.38. The lowest BCUT2D eigenvalue weighted by molar-refractivity contribution is -0.118. The zero-order valence-corrected chi connectivity index (χ0v) is 17.6. The molecule has 0 bridgehead atoms. The van der Waals surface area contributed by atoms with Gasteiger partial charge in [-0.05, 0) is 56.3 Å². The van der Waals surface area contributed by atoms with Crippen LogP contribution in [0.15, 0.2) is 48.5 Å². The summed E-state index contributed by atoms with van der Waals surface area (Å²) in [6.45, 7) is 4.75. The number of halogens is 1. The first-order chi connectivity index (χ1) is 13.3. The van der Waals surface area contributed by atoms with Gasteiger partial charge in [0.2, 0.25) is 5.91 Å². The molecule has 0 saturated heterocycles. The maximum atomic E-state index is 12.7. The molecule has 2 amide bonds. The van der Waals surface area contributed by atoms with E-state index in [2.05, 4.69) is 15.5 Å². The van der Waals surface area contributed by atoms with Gasteiger partial charge in [0.25, 0.3) is 5.91 Å². The Morgan fingerprint density at radius 1 is 1.04 bits per heavy atom. The van der Waals surface area contributed by atoms with Crippen LogP contribution in [0.4, 0.5) is 5.69 Å². The molecule has 2 N–H and O–H groups in total. The fourth-order valence-electron chi connectivity index (χ4n) is 2.73. The van der Waals surface area contributed by atoms with Crippen LogP contribution in [0.1, 0.15) is 29.8 Å². The van der Waals surface area contributed by atoms with Gasteiger partial charge in [-0.15, -0.1) is 0 Å². The smallest absolute Gasteiger partial charge is 0.253 e. The van der Waals surface area contributed by atoms with Crippen molar-refractivity contribution in [1.82, 2.24) is 10.2 Å². The number of nitrogens with one attached hydrogen (secondary N) is 2. The number of carbonyl (C=O) groups excluding carboxylic acids is 2. The highest BCUT2D eigenvalue weighted by atomic mass is 35.5. The molecule has 2 aromatic rings. The van der Waals surface area contributed by atoms with E-state index in [1.54, 1.807) is 24.3 Å². The van der Waals surface area contributed by atoms with E-state index in [0.29, 0.717) is 16.3 Å². The molecule has 1 unspecified atom stereocenters. The van der Waals surface area contributed by atoms with Crippen LogP contribution < -0.4 is 10.6 Å². The van der Waals surface area contributed by atoms with E-state index in [1.807, 2.05) is 52.2 Å². The second-order valence-corrected chi connectivity index (χ2v) is 7.82. The predicted octanol–water partition coefficient (Wildman–Crippen LogP) is 3.84. The normalized spacial score (nSPS) is 12.1. The van der Waals surface area contributed by atoms with Crippen LogP contribution in [-0.4, -0.2) is 43.4 Å². The zero-order valence-electron chi connectivity index (χ0n) is 16.8. The molecule has 28 heavy (non-hydrogen) atoms. The highest BCUT2D eigenvalue weighted by molar-refractivity contribution is 6.33. The summed E-state index contributed by atoms with van der Waals surface area (Å²) in [5, 5.41) is 6.04. The monoisotopic (exact) mass is 401 g/mol. The molecule has 0 aromatic heterocycles. The van der Waals surface area contributed by atoms with E-state index in [9.17, 15) is 9.59 Å². The number of likely N-dealkylation sites (N-methyl/N-ethyl adjacent to an activating group) is 1. The lowest BCUT2D eigenvalue weighted by atomic mass is 10.0. The highest BCUT2D eigenvalue weighted by Crippen LogP contribution is 2.16. The van der Waals surface area contributed by atoms with Crippen molar-refractivity contribution in [2.75, 3.05) is 26.0 Å². The molecular weight excluding hydrogens is 374 g/mol. The van der Waals surface area contributed by atoms with Crippen molar-refractivity contribution in [3.05, 3.63) is 64.7 Å². The average Bonchev–Trinajstić information content (AvgIpc) is 2.65. The minimum atomic E-state index is -0.669. The number of nitrogens with zero attached hydrogens (tertiary/aromatic N) is 1. The molecule has 6 heteroatoms. The Labute approximate surface area is 172 Å². The highest BCUT2D eigenvalue weighted by Gasteiger charge is 2.25. The number of hydrogen-bond donors (Lipinski definition) is 2. The molecule has 0 fully saturated rings. The lowest BCUT2D eigenvalue weighted by Gasteiger charge is -2.22. The van der Waals surface area contributed by atoms with Crippen LogP contribution in [0.5, 0.6) is 0 Å². The topological polar surface area (TPSA) is 61.4 Å². The zero-order chi connectivity index (χ0) is 20.7. The number of rotatable bonds is 8. The van der Waals surface area contributed by atoms with E-state index < -0.39 is 6.04 Å². The summed E-state index contributed by atoms with van der Waals surface area (Å²) in [4.78, 5) is 27.4. The number of benzene rings is 2. The summed E-state index contributed by atoms with van der Waals surface area (Å²) >= 11 is 6.09. The van der Waals surface area contributed by atoms with E-state index in [-0.39, 0.29) is 17.7 Å². The van der Waals surface area contributed by atoms with Crippen LogP contribution in [0, 0.1) is 5.92 Å². The van der Waals surface area contributed by atoms with Gasteiger partial charge in [-0.1, -0.05) is 49.7 Å². The second-order valence-electron chi connectivity index (χ2n) is 7.41. The van der Waals surface area contributed by atoms with Crippen molar-refractivity contribution in [2.45, 2.75) is 26.3 Å². The number of anilines is 1. The molecule has 2 rings (SSSR count). The number of hydrogen-bond acceptors (Lipinski definition) is 3. The third-order valence-corrected chi connectivity index (χ3v) is 4.75. The van der Waals surface area contributed by atoms with Crippen molar-refractivity contribution >= 4 is 29.1 Å². The predicted molar refractivity (Wildman–Crippen MR) is 115 cm³/mol. The van der Waals surface area contributed by atoms with Crippen molar-refractivity contribution in [2.24, 2.45) is 5.92 Å². The SMILES string of the molecule is CC(C)C(NC(=O)c1ccccc1Cl)C(=O)Nc1ccc(CCN(C)C)cc1. The first-order valence-corrected chi connectivity index (χ1v) is 9.75. The summed E-state index contributed by atoms with van der Waals surface area (Å²) in [5.74, 6) is -0.694. The molecule has 2 aromatic carbocycles. The van der Waals surface area contributed by atoms with Gasteiger partial charge in [-0.3, -0.25) is 9.59 Å². The van der Waals surface area contributed by atoms with Crippen LogP contribution in [0.2, 0.25) is 5.02 Å². The first kappa shape index (κ1) is 21.9. The minimum absolute atomic E-state index is 0.0780. The van der Waals surface area contributed by atoms with Crippen molar-refractivity contribution in [3.8, 4) is 0 Å². The third kappa shape index (κ3) is 6.36. The Kier molecular flexibility index (Phi) is 8.03. The van der Waals surface area contributed by atoms with Gasteiger partial charge in [-0.25, -0.2) is 0 Å². The fraction of sp³-hybridized carbons (Fsp3) is 0.364. The van der Waals surface area contributed by atoms with E-state index in [1.165, 1.54) is 5.56 Å². The van der Waals surface area contributed by atoms with Gasteiger partial charge in [0.15, 0.2) is 0 Å². The average molecular weight is 402 g/mol. The second kappa shape index (κ2) is 10.2. The fourth-order valence-corrected chi connectivity index (χ4v) is 2.95. The van der Waals surface area contributed by atoms with E-state index in [4.69, 9.17) is 11.6 Å². The minimum Gasteiger partial charge on any atom is -0.340 e. The van der Waals surface area contributed by atoms with Crippen LogP contribution >= 0.6 is 11.6 Å². The molecule has 0 aliphatic carbocycles. The van der Waals surface area contributed by atoms with Crippen molar-refractivity contribution < 1.29 is 9.59 Å². The lowest BCUT2D eigenvalue weighted by Crippen LogP contribution is -2.47.